The van der Waals surface area contributed by atoms with E-state index in [0.717, 1.165) is 10.4 Å². The molecule has 0 aromatic carbocycles. The Bertz CT molecular complexity index is 1040. The fourth-order valence-corrected chi connectivity index (χ4v) is 3.14. The number of hydrogen-bond donors (Lipinski definition) is 2. The third kappa shape index (κ3) is 2.04. The molecule has 108 valence electrons. The first kappa shape index (κ1) is 13.5. The Hall–Kier alpha value is -2.48. The minimum atomic E-state index is -0.578. The lowest BCUT2D eigenvalue weighted by atomic mass is 10.2. The summed E-state index contributed by atoms with van der Waals surface area (Å²) in [7, 11) is 1.51. The number of fused-ring (bicyclic) bond motifs is 1. The van der Waals surface area contributed by atoms with Crippen molar-refractivity contribution in [2.45, 2.75) is 13.8 Å². The van der Waals surface area contributed by atoms with E-state index in [1.54, 1.807) is 0 Å². The molecule has 21 heavy (non-hydrogen) atoms. The van der Waals surface area contributed by atoms with Gasteiger partial charge in [-0.2, -0.15) is 0 Å². The fraction of sp³-hybridized carbons (Fsp3) is 0.231. The lowest BCUT2D eigenvalue weighted by Gasteiger charge is -2.02. The first-order valence-corrected chi connectivity index (χ1v) is 7.00. The van der Waals surface area contributed by atoms with Crippen molar-refractivity contribution >= 4 is 21.6 Å². The molecule has 3 aromatic rings. The highest BCUT2D eigenvalue weighted by Crippen LogP contribution is 2.26. The lowest BCUT2D eigenvalue weighted by molar-refractivity contribution is 0.800. The Labute approximate surface area is 121 Å². The second-order valence-corrected chi connectivity index (χ2v) is 5.99. The molecule has 0 aliphatic heterocycles. The molecule has 0 fully saturated rings. The van der Waals surface area contributed by atoms with Crippen LogP contribution in [0.4, 0.5) is 0 Å². The van der Waals surface area contributed by atoms with Gasteiger partial charge in [-0.25, -0.2) is 9.78 Å². The predicted molar refractivity (Wildman–Crippen MR) is 81.0 cm³/mol. The molecule has 8 heteroatoms. The van der Waals surface area contributed by atoms with Crippen LogP contribution >= 0.6 is 11.3 Å². The van der Waals surface area contributed by atoms with Crippen molar-refractivity contribution in [1.82, 2.24) is 19.5 Å². The van der Waals surface area contributed by atoms with Crippen LogP contribution in [0.2, 0.25) is 0 Å². The zero-order valence-electron chi connectivity index (χ0n) is 11.6. The van der Waals surface area contributed by atoms with Gasteiger partial charge in [-0.1, -0.05) is 0 Å². The van der Waals surface area contributed by atoms with Crippen LogP contribution < -0.4 is 16.8 Å². The summed E-state index contributed by atoms with van der Waals surface area (Å²) >= 11 is 1.40. The van der Waals surface area contributed by atoms with Gasteiger partial charge in [-0.05, 0) is 19.4 Å². The summed E-state index contributed by atoms with van der Waals surface area (Å²) in [6.45, 7) is 3.78. The number of nitrogens with one attached hydrogen (secondary N) is 2. The number of H-pyrrole nitrogens is 2. The second-order valence-electron chi connectivity index (χ2n) is 4.79. The van der Waals surface area contributed by atoms with Gasteiger partial charge < -0.3 is 9.55 Å². The fourth-order valence-electron chi connectivity index (χ4n) is 2.11. The summed E-state index contributed by atoms with van der Waals surface area (Å²) in [5.41, 5.74) is -0.338. The number of thiophene rings is 1. The molecule has 0 aliphatic rings. The normalized spacial score (nSPS) is 11.2. The Balaban J connectivity index is 2.37. The molecule has 7 nitrogen and oxygen atoms in total. The van der Waals surface area contributed by atoms with Gasteiger partial charge >= 0.3 is 5.69 Å². The summed E-state index contributed by atoms with van der Waals surface area (Å²) in [5, 5.41) is 0.544. The van der Waals surface area contributed by atoms with Crippen LogP contribution in [0.5, 0.6) is 0 Å². The summed E-state index contributed by atoms with van der Waals surface area (Å²) in [6, 6.07) is 0. The minimum absolute atomic E-state index is 0.153. The minimum Gasteiger partial charge on any atom is -0.306 e. The molecule has 3 rings (SSSR count). The summed E-state index contributed by atoms with van der Waals surface area (Å²) in [5.74, 6) is 0.158. The van der Waals surface area contributed by atoms with E-state index in [-0.39, 0.29) is 16.9 Å². The van der Waals surface area contributed by atoms with Gasteiger partial charge in [0.05, 0.1) is 10.9 Å². The van der Waals surface area contributed by atoms with Crippen LogP contribution in [0, 0.1) is 13.8 Å². The summed E-state index contributed by atoms with van der Waals surface area (Å²) in [4.78, 5) is 46.2. The van der Waals surface area contributed by atoms with Crippen LogP contribution in [-0.2, 0) is 7.05 Å². The molecule has 0 spiro atoms. The smallest absolute Gasteiger partial charge is 0.306 e. The largest absolute Gasteiger partial charge is 0.328 e. The highest BCUT2D eigenvalue weighted by atomic mass is 32.1. The number of nitrogens with zero attached hydrogens (tertiary/aromatic N) is 2. The van der Waals surface area contributed by atoms with Crippen LogP contribution in [0.1, 0.15) is 10.4 Å². The molecular weight excluding hydrogens is 292 g/mol. The Morgan fingerprint density at radius 3 is 2.57 bits per heavy atom. The van der Waals surface area contributed by atoms with E-state index in [0.29, 0.717) is 10.2 Å². The number of aromatic nitrogens is 4. The molecule has 0 saturated carbocycles. The van der Waals surface area contributed by atoms with Crippen LogP contribution in [0.25, 0.3) is 21.6 Å². The second kappa shape index (κ2) is 4.52. The quantitative estimate of drug-likeness (QED) is 0.689. The third-order valence-electron chi connectivity index (χ3n) is 3.40. The molecule has 0 aliphatic carbocycles. The summed E-state index contributed by atoms with van der Waals surface area (Å²) in [6.07, 6.45) is 1.36. The maximum absolute atomic E-state index is 12.2. The SMILES string of the molecule is Cc1sc2nc(-c3cn(C)c(=O)[nH]c3=O)[nH]c(=O)c2c1C. The third-order valence-corrected chi connectivity index (χ3v) is 4.50. The van der Waals surface area contributed by atoms with Crippen LogP contribution in [0.3, 0.4) is 0 Å². The van der Waals surface area contributed by atoms with Crippen LogP contribution in [-0.4, -0.2) is 19.5 Å². The van der Waals surface area contributed by atoms with Gasteiger partial charge in [0.15, 0.2) is 0 Å². The zero-order chi connectivity index (χ0) is 15.3. The molecule has 3 heterocycles. The number of aryl methyl sites for hydroxylation is 3. The molecule has 3 aromatic heterocycles. The Kier molecular flexibility index (Phi) is 2.91. The number of aromatic amines is 2. The van der Waals surface area contributed by atoms with Gasteiger partial charge in [-0.3, -0.25) is 14.6 Å². The average Bonchev–Trinajstić information content (AvgIpc) is 2.69. The van der Waals surface area contributed by atoms with E-state index in [9.17, 15) is 14.4 Å². The molecule has 0 unspecified atom stereocenters. The first-order chi connectivity index (χ1) is 9.88. The first-order valence-electron chi connectivity index (χ1n) is 6.19. The van der Waals surface area contributed by atoms with Crippen molar-refractivity contribution in [2.75, 3.05) is 0 Å². The van der Waals surface area contributed by atoms with E-state index in [1.165, 1.54) is 29.1 Å². The molecule has 0 saturated heterocycles. The molecule has 0 bridgehead atoms. The molecule has 0 radical (unpaired) electrons. The number of rotatable bonds is 1. The lowest BCUT2D eigenvalue weighted by Crippen LogP contribution is -2.29. The number of hydrogen-bond acceptors (Lipinski definition) is 5. The van der Waals surface area contributed by atoms with Crippen molar-refractivity contribution in [3.63, 3.8) is 0 Å². The van der Waals surface area contributed by atoms with Crippen molar-refractivity contribution in [2.24, 2.45) is 7.05 Å². The van der Waals surface area contributed by atoms with Crippen molar-refractivity contribution in [3.05, 3.63) is 47.8 Å². The zero-order valence-corrected chi connectivity index (χ0v) is 12.4. The van der Waals surface area contributed by atoms with Crippen molar-refractivity contribution < 1.29 is 0 Å². The average molecular weight is 304 g/mol. The van der Waals surface area contributed by atoms with Crippen molar-refractivity contribution in [3.8, 4) is 11.4 Å². The van der Waals surface area contributed by atoms with Gasteiger partial charge in [0.25, 0.3) is 11.1 Å². The van der Waals surface area contributed by atoms with E-state index < -0.39 is 11.2 Å². The maximum atomic E-state index is 12.2. The predicted octanol–water partition coefficient (Wildman–Crippen LogP) is 0.655. The van der Waals surface area contributed by atoms with E-state index in [4.69, 9.17) is 0 Å². The van der Waals surface area contributed by atoms with Crippen LogP contribution in [0.15, 0.2) is 20.6 Å². The molecule has 0 amide bonds. The van der Waals surface area contributed by atoms with Gasteiger partial charge in [0.1, 0.15) is 10.7 Å². The highest BCUT2D eigenvalue weighted by molar-refractivity contribution is 7.18. The monoisotopic (exact) mass is 304 g/mol. The van der Waals surface area contributed by atoms with Gasteiger partial charge in [-0.15, -0.1) is 11.3 Å². The Morgan fingerprint density at radius 1 is 1.14 bits per heavy atom. The molecule has 2 N–H and O–H groups in total. The standard InChI is InChI=1S/C13H12N4O3S/c1-5-6(2)21-12-8(5)11(19)14-9(15-12)7-4-17(3)13(20)16-10(7)18/h4H,1-3H3,(H,14,15,19)(H,16,18,20). The maximum Gasteiger partial charge on any atom is 0.328 e. The highest BCUT2D eigenvalue weighted by Gasteiger charge is 2.14. The Morgan fingerprint density at radius 2 is 1.86 bits per heavy atom. The van der Waals surface area contributed by atoms with Crippen molar-refractivity contribution in [1.29, 1.82) is 0 Å². The van der Waals surface area contributed by atoms with E-state index in [2.05, 4.69) is 15.0 Å². The molecular formula is C13H12N4O3S. The molecule has 0 atom stereocenters. The van der Waals surface area contributed by atoms with Gasteiger partial charge in [0, 0.05) is 18.1 Å². The van der Waals surface area contributed by atoms with E-state index in [1.807, 2.05) is 13.8 Å². The topological polar surface area (TPSA) is 101 Å². The van der Waals surface area contributed by atoms with E-state index >= 15 is 0 Å². The van der Waals surface area contributed by atoms with Gasteiger partial charge in [0.2, 0.25) is 0 Å². The summed E-state index contributed by atoms with van der Waals surface area (Å²) < 4.78 is 1.23.